The number of anilines is 1. The van der Waals surface area contributed by atoms with Crippen LogP contribution in [0.1, 0.15) is 30.0 Å². The van der Waals surface area contributed by atoms with Gasteiger partial charge in [-0.15, -0.1) is 0 Å². The Kier molecular flexibility index (Phi) is 4.72. The zero-order valence-electron chi connectivity index (χ0n) is 13.1. The summed E-state index contributed by atoms with van der Waals surface area (Å²) in [4.78, 5) is 11.4. The lowest BCUT2D eigenvalue weighted by Crippen LogP contribution is -2.32. The van der Waals surface area contributed by atoms with Gasteiger partial charge in [-0.05, 0) is 37.1 Å². The number of nitriles is 2. The third-order valence-corrected chi connectivity index (χ3v) is 3.61. The van der Waals surface area contributed by atoms with Crippen LogP contribution in [0.5, 0.6) is 0 Å². The van der Waals surface area contributed by atoms with Crippen LogP contribution in [0.3, 0.4) is 0 Å². The van der Waals surface area contributed by atoms with Gasteiger partial charge in [-0.1, -0.05) is 6.92 Å². The van der Waals surface area contributed by atoms with Crippen molar-refractivity contribution in [3.05, 3.63) is 28.8 Å². The van der Waals surface area contributed by atoms with Gasteiger partial charge >= 0.3 is 0 Å². The molecule has 0 aromatic heterocycles. The lowest BCUT2D eigenvalue weighted by molar-refractivity contribution is -0.121. The molecule has 1 aromatic rings. The quantitative estimate of drug-likeness (QED) is 0.656. The molecule has 1 aliphatic rings. The fourth-order valence-electron chi connectivity index (χ4n) is 2.38. The molecule has 0 radical (unpaired) electrons. The number of hydrazone groups is 2. The summed E-state index contributed by atoms with van der Waals surface area (Å²) in [5.74, 6) is -0.0359. The number of hydrogen-bond acceptors (Lipinski definition) is 6. The van der Waals surface area contributed by atoms with E-state index in [2.05, 4.69) is 21.1 Å². The van der Waals surface area contributed by atoms with Crippen LogP contribution in [0, 0.1) is 42.4 Å². The number of amides is 1. The summed E-state index contributed by atoms with van der Waals surface area (Å²) in [7, 11) is 0. The number of benzene rings is 1. The SMILES string of the molecule is Cc1cc(C2=NNC(=O)CC2C)c(C)cc1NN=C(C#N)C#N. The van der Waals surface area contributed by atoms with Crippen molar-refractivity contribution in [2.45, 2.75) is 27.2 Å². The van der Waals surface area contributed by atoms with Crippen molar-refractivity contribution in [3.63, 3.8) is 0 Å². The minimum Gasteiger partial charge on any atom is -0.276 e. The molecule has 1 amide bonds. The van der Waals surface area contributed by atoms with Crippen molar-refractivity contribution in [2.75, 3.05) is 5.43 Å². The van der Waals surface area contributed by atoms with Crippen LogP contribution in [-0.4, -0.2) is 17.3 Å². The molecule has 7 heteroatoms. The highest BCUT2D eigenvalue weighted by atomic mass is 16.2. The summed E-state index contributed by atoms with van der Waals surface area (Å²) >= 11 is 0. The average molecular weight is 308 g/mol. The predicted molar refractivity (Wildman–Crippen MR) is 86.7 cm³/mol. The van der Waals surface area contributed by atoms with E-state index in [0.717, 1.165) is 22.4 Å². The zero-order chi connectivity index (χ0) is 17.0. The van der Waals surface area contributed by atoms with Crippen LogP contribution in [-0.2, 0) is 4.79 Å². The van der Waals surface area contributed by atoms with Crippen molar-refractivity contribution in [1.82, 2.24) is 5.43 Å². The largest absolute Gasteiger partial charge is 0.276 e. The normalized spacial score (nSPS) is 16.5. The highest BCUT2D eigenvalue weighted by Crippen LogP contribution is 2.25. The van der Waals surface area contributed by atoms with Gasteiger partial charge in [0.1, 0.15) is 12.1 Å². The lowest BCUT2D eigenvalue weighted by Gasteiger charge is -2.21. The van der Waals surface area contributed by atoms with Gasteiger partial charge in [-0.3, -0.25) is 10.2 Å². The van der Waals surface area contributed by atoms with E-state index in [1.54, 1.807) is 12.1 Å². The van der Waals surface area contributed by atoms with Crippen molar-refractivity contribution >= 4 is 23.0 Å². The van der Waals surface area contributed by atoms with E-state index in [0.29, 0.717) is 12.1 Å². The molecule has 0 bridgehead atoms. The lowest BCUT2D eigenvalue weighted by atomic mass is 9.90. The van der Waals surface area contributed by atoms with Crippen LogP contribution in [0.4, 0.5) is 5.69 Å². The van der Waals surface area contributed by atoms with Crippen LogP contribution in [0.15, 0.2) is 22.3 Å². The van der Waals surface area contributed by atoms with Crippen LogP contribution in [0.25, 0.3) is 0 Å². The summed E-state index contributed by atoms with van der Waals surface area (Å²) in [6, 6.07) is 7.23. The summed E-state index contributed by atoms with van der Waals surface area (Å²) in [6.07, 6.45) is 0.412. The molecule has 0 spiro atoms. The smallest absolute Gasteiger partial charge is 0.240 e. The van der Waals surface area contributed by atoms with Gasteiger partial charge in [0.15, 0.2) is 0 Å². The van der Waals surface area contributed by atoms with Gasteiger partial charge in [0, 0.05) is 17.9 Å². The van der Waals surface area contributed by atoms with E-state index in [1.807, 2.05) is 32.9 Å². The standard InChI is InChI=1S/C16H16N6O/c1-9-5-14(20-19-12(7-17)8-18)10(2)4-13(9)16-11(3)6-15(23)21-22-16/h4-5,11,20H,6H2,1-3H3,(H,21,23). The zero-order valence-corrected chi connectivity index (χ0v) is 13.1. The number of carbonyl (C=O) groups is 1. The Morgan fingerprint density at radius 2 is 2.04 bits per heavy atom. The molecule has 7 nitrogen and oxygen atoms in total. The maximum Gasteiger partial charge on any atom is 0.240 e. The van der Waals surface area contributed by atoms with Crippen molar-refractivity contribution in [2.24, 2.45) is 16.1 Å². The van der Waals surface area contributed by atoms with Crippen LogP contribution in [0.2, 0.25) is 0 Å². The molecule has 1 atom stereocenters. The average Bonchev–Trinajstić information content (AvgIpc) is 2.51. The van der Waals surface area contributed by atoms with Gasteiger partial charge in [-0.25, -0.2) is 5.43 Å². The number of nitrogens with zero attached hydrogens (tertiary/aromatic N) is 4. The first-order valence-corrected chi connectivity index (χ1v) is 7.08. The number of aryl methyl sites for hydroxylation is 2. The van der Waals surface area contributed by atoms with Gasteiger partial charge in [0.05, 0.1) is 11.4 Å². The second-order valence-electron chi connectivity index (χ2n) is 5.42. The molecule has 0 aliphatic carbocycles. The minimum atomic E-state index is -0.237. The van der Waals surface area contributed by atoms with Crippen molar-refractivity contribution < 1.29 is 4.79 Å². The Hall–Kier alpha value is -3.19. The minimum absolute atomic E-state index is 0.0439. The Bertz CT molecular complexity index is 778. The summed E-state index contributed by atoms with van der Waals surface area (Å²) in [6.45, 7) is 5.80. The van der Waals surface area contributed by atoms with E-state index in [-0.39, 0.29) is 17.5 Å². The van der Waals surface area contributed by atoms with Gasteiger partial charge in [0.25, 0.3) is 0 Å². The van der Waals surface area contributed by atoms with E-state index < -0.39 is 0 Å². The first kappa shape index (κ1) is 16.2. The van der Waals surface area contributed by atoms with Crippen LogP contribution < -0.4 is 10.9 Å². The molecule has 1 unspecified atom stereocenters. The molecule has 2 rings (SSSR count). The summed E-state index contributed by atoms with van der Waals surface area (Å²) in [5.41, 5.74) is 9.40. The first-order valence-electron chi connectivity index (χ1n) is 7.08. The molecule has 0 fully saturated rings. The van der Waals surface area contributed by atoms with Crippen molar-refractivity contribution in [1.29, 1.82) is 10.5 Å². The Morgan fingerprint density at radius 3 is 2.65 bits per heavy atom. The fraction of sp³-hybridized carbons (Fsp3) is 0.312. The van der Waals surface area contributed by atoms with Crippen molar-refractivity contribution in [3.8, 4) is 12.1 Å². The predicted octanol–water partition coefficient (Wildman–Crippen LogP) is 1.98. The monoisotopic (exact) mass is 308 g/mol. The van der Waals surface area contributed by atoms with E-state index in [4.69, 9.17) is 10.5 Å². The molecule has 1 aromatic carbocycles. The maximum absolute atomic E-state index is 11.4. The number of rotatable bonds is 3. The third-order valence-electron chi connectivity index (χ3n) is 3.61. The molecule has 0 saturated carbocycles. The second kappa shape index (κ2) is 6.71. The van der Waals surface area contributed by atoms with Gasteiger partial charge in [0.2, 0.25) is 11.6 Å². The fourth-order valence-corrected chi connectivity index (χ4v) is 2.38. The summed E-state index contributed by atoms with van der Waals surface area (Å²) < 4.78 is 0. The molecule has 116 valence electrons. The Balaban J connectivity index is 2.35. The highest BCUT2D eigenvalue weighted by Gasteiger charge is 2.23. The molecule has 23 heavy (non-hydrogen) atoms. The molecular weight excluding hydrogens is 292 g/mol. The molecule has 2 N–H and O–H groups in total. The highest BCUT2D eigenvalue weighted by molar-refractivity contribution is 6.10. The second-order valence-corrected chi connectivity index (χ2v) is 5.42. The third kappa shape index (κ3) is 3.53. The Labute approximate surface area is 134 Å². The Morgan fingerprint density at radius 1 is 1.35 bits per heavy atom. The molecular formula is C16H16N6O. The number of carbonyl (C=O) groups excluding carboxylic acids is 1. The van der Waals surface area contributed by atoms with Gasteiger partial charge < -0.3 is 0 Å². The van der Waals surface area contributed by atoms with E-state index >= 15 is 0 Å². The first-order chi connectivity index (χ1) is 11.0. The van der Waals surface area contributed by atoms with Gasteiger partial charge in [-0.2, -0.15) is 20.7 Å². The molecule has 1 heterocycles. The van der Waals surface area contributed by atoms with E-state index in [1.165, 1.54) is 0 Å². The van der Waals surface area contributed by atoms with E-state index in [9.17, 15) is 4.79 Å². The number of nitrogens with one attached hydrogen (secondary N) is 2. The maximum atomic E-state index is 11.4. The summed E-state index contributed by atoms with van der Waals surface area (Å²) in [5, 5.41) is 25.3. The van der Waals surface area contributed by atoms with Crippen LogP contribution >= 0.6 is 0 Å². The topological polar surface area (TPSA) is 113 Å². The molecule has 0 saturated heterocycles. The molecule has 1 aliphatic heterocycles. The number of hydrogen-bond donors (Lipinski definition) is 2.